The number of hydrogen-bond acceptors (Lipinski definition) is 3. The third-order valence-corrected chi connectivity index (χ3v) is 4.46. The second kappa shape index (κ2) is 7.62. The number of unbranched alkanes of at least 4 members (excludes halogenated alkanes) is 1. The van der Waals surface area contributed by atoms with E-state index in [9.17, 15) is 9.59 Å². The zero-order valence-electron chi connectivity index (χ0n) is 14.7. The second-order valence-electron chi connectivity index (χ2n) is 6.31. The van der Waals surface area contributed by atoms with Gasteiger partial charge in [0, 0.05) is 27.2 Å². The first-order valence-electron chi connectivity index (χ1n) is 8.58. The second-order valence-corrected chi connectivity index (χ2v) is 6.31. The summed E-state index contributed by atoms with van der Waals surface area (Å²) in [6, 6.07) is 1.52. The molecule has 6 heteroatoms. The van der Waals surface area contributed by atoms with Crippen LogP contribution in [-0.2, 0) is 18.3 Å². The maximum Gasteiger partial charge on any atom is 0.272 e. The monoisotopic (exact) mass is 320 g/mol. The molecule has 128 valence electrons. The molecule has 1 fully saturated rings. The first-order chi connectivity index (χ1) is 11.0. The van der Waals surface area contributed by atoms with Crippen LogP contribution in [0.15, 0.2) is 6.07 Å². The summed E-state index contributed by atoms with van der Waals surface area (Å²) in [4.78, 5) is 28.9. The van der Waals surface area contributed by atoms with Crippen molar-refractivity contribution < 1.29 is 9.59 Å². The number of piperazine rings is 1. The molecular weight excluding hydrogens is 292 g/mol. The Morgan fingerprint density at radius 2 is 2.00 bits per heavy atom. The minimum Gasteiger partial charge on any atom is -0.342 e. The molecule has 1 aromatic rings. The molecule has 2 heterocycles. The zero-order valence-corrected chi connectivity index (χ0v) is 14.7. The Bertz CT molecular complexity index is 567. The summed E-state index contributed by atoms with van der Waals surface area (Å²) in [6.07, 6.45) is 4.55. The largest absolute Gasteiger partial charge is 0.342 e. The molecule has 1 atom stereocenters. The molecule has 0 bridgehead atoms. The van der Waals surface area contributed by atoms with E-state index in [1.807, 2.05) is 13.1 Å². The van der Waals surface area contributed by atoms with Crippen LogP contribution in [-0.4, -0.2) is 57.6 Å². The SMILES string of the molecule is CCCC[C@@H]1C(=O)N(C)CCN1C(=O)c1cc(CCC)nn1C. The summed E-state index contributed by atoms with van der Waals surface area (Å²) in [5.41, 5.74) is 1.51. The van der Waals surface area contributed by atoms with Gasteiger partial charge in [0.1, 0.15) is 11.7 Å². The van der Waals surface area contributed by atoms with Crippen molar-refractivity contribution in [2.75, 3.05) is 20.1 Å². The van der Waals surface area contributed by atoms with Gasteiger partial charge in [-0.25, -0.2) is 0 Å². The van der Waals surface area contributed by atoms with Crippen molar-refractivity contribution in [1.29, 1.82) is 0 Å². The molecule has 2 rings (SSSR count). The van der Waals surface area contributed by atoms with Gasteiger partial charge in [0.05, 0.1) is 5.69 Å². The van der Waals surface area contributed by atoms with Crippen molar-refractivity contribution >= 4 is 11.8 Å². The van der Waals surface area contributed by atoms with Crippen LogP contribution in [0.25, 0.3) is 0 Å². The Morgan fingerprint density at radius 3 is 2.65 bits per heavy atom. The molecule has 0 N–H and O–H groups in total. The van der Waals surface area contributed by atoms with Crippen molar-refractivity contribution in [3.63, 3.8) is 0 Å². The molecule has 1 aromatic heterocycles. The topological polar surface area (TPSA) is 58.4 Å². The minimum absolute atomic E-state index is 0.0500. The number of aryl methyl sites for hydroxylation is 2. The summed E-state index contributed by atoms with van der Waals surface area (Å²) in [5, 5.41) is 4.41. The van der Waals surface area contributed by atoms with Crippen LogP contribution in [0.1, 0.15) is 55.7 Å². The van der Waals surface area contributed by atoms with Crippen molar-refractivity contribution in [2.45, 2.75) is 52.0 Å². The molecule has 0 radical (unpaired) electrons. The number of amides is 2. The normalized spacial score (nSPS) is 18.6. The third-order valence-electron chi connectivity index (χ3n) is 4.46. The van der Waals surface area contributed by atoms with E-state index in [4.69, 9.17) is 0 Å². The standard InChI is InChI=1S/C17H28N4O2/c1-5-7-9-14-16(22)19(3)10-11-21(14)17(23)15-12-13(8-6-2)18-20(15)4/h12,14H,5-11H2,1-4H3/t14-/m1/s1. The van der Waals surface area contributed by atoms with Gasteiger partial charge in [0.25, 0.3) is 5.91 Å². The Labute approximate surface area is 138 Å². The average molecular weight is 320 g/mol. The van der Waals surface area contributed by atoms with Gasteiger partial charge in [-0.2, -0.15) is 5.10 Å². The smallest absolute Gasteiger partial charge is 0.272 e. The fourth-order valence-electron chi connectivity index (χ4n) is 3.08. The molecule has 1 aliphatic heterocycles. The predicted octanol–water partition coefficient (Wildman–Crippen LogP) is 1.85. The highest BCUT2D eigenvalue weighted by molar-refractivity contribution is 5.97. The summed E-state index contributed by atoms with van der Waals surface area (Å²) in [6.45, 7) is 5.37. The Balaban J connectivity index is 2.22. The van der Waals surface area contributed by atoms with Crippen LogP contribution in [0.4, 0.5) is 0 Å². The lowest BCUT2D eigenvalue weighted by Gasteiger charge is -2.39. The van der Waals surface area contributed by atoms with E-state index in [1.165, 1.54) is 0 Å². The van der Waals surface area contributed by atoms with Crippen molar-refractivity contribution in [3.05, 3.63) is 17.5 Å². The summed E-state index contributed by atoms with van der Waals surface area (Å²) >= 11 is 0. The molecule has 1 saturated heterocycles. The minimum atomic E-state index is -0.342. The maximum absolute atomic E-state index is 13.0. The number of likely N-dealkylation sites (N-methyl/N-ethyl adjacent to an activating group) is 1. The van der Waals surface area contributed by atoms with E-state index in [2.05, 4.69) is 18.9 Å². The Morgan fingerprint density at radius 1 is 1.26 bits per heavy atom. The molecule has 0 spiro atoms. The molecule has 23 heavy (non-hydrogen) atoms. The highest BCUT2D eigenvalue weighted by Gasteiger charge is 2.36. The summed E-state index contributed by atoms with van der Waals surface area (Å²) in [5.74, 6) is -0.0288. The highest BCUT2D eigenvalue weighted by Crippen LogP contribution is 2.19. The Hall–Kier alpha value is -1.85. The molecule has 0 saturated carbocycles. The fourth-order valence-corrected chi connectivity index (χ4v) is 3.08. The van der Waals surface area contributed by atoms with E-state index >= 15 is 0 Å². The van der Waals surface area contributed by atoms with Crippen LogP contribution < -0.4 is 0 Å². The first kappa shape index (κ1) is 17.5. The average Bonchev–Trinajstić information content (AvgIpc) is 2.89. The van der Waals surface area contributed by atoms with E-state index in [0.717, 1.165) is 37.8 Å². The van der Waals surface area contributed by atoms with E-state index in [-0.39, 0.29) is 17.9 Å². The van der Waals surface area contributed by atoms with Gasteiger partial charge in [-0.05, 0) is 18.9 Å². The van der Waals surface area contributed by atoms with Crippen LogP contribution in [0, 0.1) is 0 Å². The number of hydrogen-bond donors (Lipinski definition) is 0. The van der Waals surface area contributed by atoms with Gasteiger partial charge in [0.15, 0.2) is 0 Å². The molecule has 1 aliphatic rings. The van der Waals surface area contributed by atoms with Crippen LogP contribution in [0.3, 0.4) is 0 Å². The lowest BCUT2D eigenvalue weighted by molar-refractivity contribution is -0.138. The number of aromatic nitrogens is 2. The lowest BCUT2D eigenvalue weighted by atomic mass is 10.0. The highest BCUT2D eigenvalue weighted by atomic mass is 16.2. The van der Waals surface area contributed by atoms with E-state index in [0.29, 0.717) is 18.8 Å². The van der Waals surface area contributed by atoms with Crippen molar-refractivity contribution in [3.8, 4) is 0 Å². The summed E-state index contributed by atoms with van der Waals surface area (Å²) < 4.78 is 1.65. The van der Waals surface area contributed by atoms with Gasteiger partial charge in [-0.15, -0.1) is 0 Å². The van der Waals surface area contributed by atoms with E-state index in [1.54, 1.807) is 21.5 Å². The zero-order chi connectivity index (χ0) is 17.0. The van der Waals surface area contributed by atoms with Gasteiger partial charge in [0.2, 0.25) is 5.91 Å². The maximum atomic E-state index is 13.0. The van der Waals surface area contributed by atoms with Crippen LogP contribution >= 0.6 is 0 Å². The van der Waals surface area contributed by atoms with Crippen LogP contribution in [0.5, 0.6) is 0 Å². The molecule has 0 aromatic carbocycles. The van der Waals surface area contributed by atoms with Crippen molar-refractivity contribution in [1.82, 2.24) is 19.6 Å². The lowest BCUT2D eigenvalue weighted by Crippen LogP contribution is -2.57. The predicted molar refractivity (Wildman–Crippen MR) is 89.2 cm³/mol. The third kappa shape index (κ3) is 3.74. The van der Waals surface area contributed by atoms with Gasteiger partial charge in [-0.3, -0.25) is 14.3 Å². The van der Waals surface area contributed by atoms with E-state index < -0.39 is 0 Å². The fraction of sp³-hybridized carbons (Fsp3) is 0.706. The number of rotatable bonds is 6. The number of carbonyl (C=O) groups is 2. The van der Waals surface area contributed by atoms with Crippen LogP contribution in [0.2, 0.25) is 0 Å². The Kier molecular flexibility index (Phi) is 5.80. The molecule has 0 aliphatic carbocycles. The van der Waals surface area contributed by atoms with Gasteiger partial charge < -0.3 is 9.80 Å². The molecule has 2 amide bonds. The quantitative estimate of drug-likeness (QED) is 0.804. The molecule has 6 nitrogen and oxygen atoms in total. The number of carbonyl (C=O) groups excluding carboxylic acids is 2. The number of nitrogens with zero attached hydrogens (tertiary/aromatic N) is 4. The molecule has 0 unspecified atom stereocenters. The summed E-state index contributed by atoms with van der Waals surface area (Å²) in [7, 11) is 3.61. The molecular formula is C17H28N4O2. The van der Waals surface area contributed by atoms with Crippen molar-refractivity contribution in [2.24, 2.45) is 7.05 Å². The van der Waals surface area contributed by atoms with Gasteiger partial charge >= 0.3 is 0 Å². The van der Waals surface area contributed by atoms with Gasteiger partial charge in [-0.1, -0.05) is 33.1 Å². The first-order valence-corrected chi connectivity index (χ1v) is 8.58.